The maximum atomic E-state index is 10.6. The summed E-state index contributed by atoms with van der Waals surface area (Å²) < 4.78 is 5.54. The number of hydrogen-bond donors (Lipinski definition) is 2. The highest BCUT2D eigenvalue weighted by Gasteiger charge is 2.38. The topological polar surface area (TPSA) is 52.9 Å². The maximum Gasteiger partial charge on any atom is 0.105 e. The SMILES string of the molecule is OC1COCC(N2c3ccccc3CCc3ccccc32)C1O. The number of ether oxygens (including phenoxy) is 1. The summed E-state index contributed by atoms with van der Waals surface area (Å²) in [5, 5.41) is 20.6. The van der Waals surface area contributed by atoms with Crippen molar-refractivity contribution in [2.75, 3.05) is 18.1 Å². The molecule has 0 aromatic heterocycles. The zero-order valence-electron chi connectivity index (χ0n) is 12.9. The normalized spacial score (nSPS) is 27.0. The minimum Gasteiger partial charge on any atom is -0.388 e. The summed E-state index contributed by atoms with van der Waals surface area (Å²) in [4.78, 5) is 2.16. The fraction of sp³-hybridized carbons (Fsp3) is 0.368. The van der Waals surface area contributed by atoms with Crippen molar-refractivity contribution in [2.24, 2.45) is 0 Å². The molecule has 2 aromatic carbocycles. The van der Waals surface area contributed by atoms with Gasteiger partial charge in [0.2, 0.25) is 0 Å². The second-order valence-corrected chi connectivity index (χ2v) is 6.29. The zero-order valence-corrected chi connectivity index (χ0v) is 12.9. The van der Waals surface area contributed by atoms with Crippen molar-refractivity contribution in [2.45, 2.75) is 31.1 Å². The van der Waals surface area contributed by atoms with Crippen LogP contribution >= 0.6 is 0 Å². The van der Waals surface area contributed by atoms with Gasteiger partial charge in [-0.15, -0.1) is 0 Å². The number of aliphatic hydroxyl groups excluding tert-OH is 2. The van der Waals surface area contributed by atoms with Crippen molar-refractivity contribution in [3.05, 3.63) is 59.7 Å². The molecule has 0 bridgehead atoms. The highest BCUT2D eigenvalue weighted by Crippen LogP contribution is 2.39. The van der Waals surface area contributed by atoms with E-state index >= 15 is 0 Å². The molecule has 1 saturated heterocycles. The maximum absolute atomic E-state index is 10.6. The molecule has 0 aliphatic carbocycles. The van der Waals surface area contributed by atoms with Crippen LogP contribution in [0, 0.1) is 0 Å². The van der Waals surface area contributed by atoms with E-state index in [4.69, 9.17) is 4.74 Å². The van der Waals surface area contributed by atoms with Gasteiger partial charge in [0.25, 0.3) is 0 Å². The van der Waals surface area contributed by atoms with Crippen molar-refractivity contribution in [3.8, 4) is 0 Å². The van der Waals surface area contributed by atoms with Crippen LogP contribution < -0.4 is 4.90 Å². The molecule has 4 heteroatoms. The van der Waals surface area contributed by atoms with Crippen LogP contribution in [0.5, 0.6) is 0 Å². The highest BCUT2D eigenvalue weighted by molar-refractivity contribution is 5.72. The van der Waals surface area contributed by atoms with Gasteiger partial charge in [-0.3, -0.25) is 0 Å². The Balaban J connectivity index is 1.86. The lowest BCUT2D eigenvalue weighted by Gasteiger charge is -2.41. The third-order valence-corrected chi connectivity index (χ3v) is 4.86. The van der Waals surface area contributed by atoms with E-state index in [0.29, 0.717) is 6.61 Å². The number of benzene rings is 2. The molecule has 0 radical (unpaired) electrons. The van der Waals surface area contributed by atoms with Crippen LogP contribution in [0.15, 0.2) is 48.5 Å². The first-order chi connectivity index (χ1) is 11.3. The summed E-state index contributed by atoms with van der Waals surface area (Å²) in [7, 11) is 0. The third-order valence-electron chi connectivity index (χ3n) is 4.86. The Hall–Kier alpha value is -1.88. The molecule has 4 nitrogen and oxygen atoms in total. The van der Waals surface area contributed by atoms with Crippen molar-refractivity contribution in [3.63, 3.8) is 0 Å². The molecule has 4 rings (SSSR count). The zero-order chi connectivity index (χ0) is 15.8. The molecule has 0 saturated carbocycles. The Morgan fingerprint density at radius 2 is 1.39 bits per heavy atom. The molecule has 23 heavy (non-hydrogen) atoms. The van der Waals surface area contributed by atoms with Gasteiger partial charge in [0.1, 0.15) is 12.2 Å². The van der Waals surface area contributed by atoms with E-state index < -0.39 is 12.2 Å². The molecule has 3 atom stereocenters. The van der Waals surface area contributed by atoms with Gasteiger partial charge in [0.15, 0.2) is 0 Å². The Kier molecular flexibility index (Phi) is 3.81. The number of fused-ring (bicyclic) bond motifs is 2. The van der Waals surface area contributed by atoms with Crippen LogP contribution in [0.1, 0.15) is 11.1 Å². The lowest BCUT2D eigenvalue weighted by molar-refractivity contribution is -0.0963. The lowest BCUT2D eigenvalue weighted by atomic mass is 9.99. The minimum absolute atomic E-state index is 0.189. The van der Waals surface area contributed by atoms with Gasteiger partial charge in [-0.2, -0.15) is 0 Å². The summed E-state index contributed by atoms with van der Waals surface area (Å²) in [5.74, 6) is 0. The number of hydrogen-bond acceptors (Lipinski definition) is 4. The largest absolute Gasteiger partial charge is 0.388 e. The standard InChI is InChI=1S/C19H21NO3/c21-18-12-23-11-17(19(18)22)20-15-7-3-1-5-13(15)9-10-14-6-2-4-8-16(14)20/h1-8,17-19,21-22H,9-12H2. The first kappa shape index (κ1) is 14.7. The molecule has 120 valence electrons. The van der Waals surface area contributed by atoms with E-state index in [1.165, 1.54) is 11.1 Å². The third kappa shape index (κ3) is 2.53. The van der Waals surface area contributed by atoms with Crippen molar-refractivity contribution in [1.29, 1.82) is 0 Å². The summed E-state index contributed by atoms with van der Waals surface area (Å²) in [6.45, 7) is 0.593. The number of rotatable bonds is 1. The van der Waals surface area contributed by atoms with Crippen molar-refractivity contribution < 1.29 is 14.9 Å². The van der Waals surface area contributed by atoms with Crippen LogP contribution in [0.4, 0.5) is 11.4 Å². The predicted octanol–water partition coefficient (Wildman–Crippen LogP) is 2.04. The monoisotopic (exact) mass is 311 g/mol. The van der Waals surface area contributed by atoms with E-state index in [1.54, 1.807) is 0 Å². The van der Waals surface area contributed by atoms with E-state index in [9.17, 15) is 10.2 Å². The second-order valence-electron chi connectivity index (χ2n) is 6.29. The van der Waals surface area contributed by atoms with Gasteiger partial charge < -0.3 is 19.8 Å². The first-order valence-electron chi connectivity index (χ1n) is 8.14. The van der Waals surface area contributed by atoms with Crippen molar-refractivity contribution in [1.82, 2.24) is 0 Å². The van der Waals surface area contributed by atoms with E-state index in [1.807, 2.05) is 12.1 Å². The van der Waals surface area contributed by atoms with Crippen LogP contribution in [0.25, 0.3) is 0 Å². The first-order valence-corrected chi connectivity index (χ1v) is 8.14. The van der Waals surface area contributed by atoms with E-state index in [-0.39, 0.29) is 12.6 Å². The molecule has 0 amide bonds. The highest BCUT2D eigenvalue weighted by atomic mass is 16.5. The molecule has 2 aliphatic heterocycles. The molecule has 3 unspecified atom stereocenters. The lowest BCUT2D eigenvalue weighted by Crippen LogP contribution is -2.55. The molecule has 2 aromatic rings. The molecule has 2 N–H and O–H groups in total. The van der Waals surface area contributed by atoms with Gasteiger partial charge >= 0.3 is 0 Å². The number of anilines is 2. The summed E-state index contributed by atoms with van der Waals surface area (Å²) in [6, 6.07) is 16.3. The Morgan fingerprint density at radius 1 is 0.826 bits per heavy atom. The van der Waals surface area contributed by atoms with Crippen LogP contribution in [-0.4, -0.2) is 41.7 Å². The van der Waals surface area contributed by atoms with Crippen LogP contribution in [-0.2, 0) is 17.6 Å². The van der Waals surface area contributed by atoms with Crippen molar-refractivity contribution >= 4 is 11.4 Å². The molecular weight excluding hydrogens is 290 g/mol. The van der Waals surface area contributed by atoms with Crippen LogP contribution in [0.3, 0.4) is 0 Å². The smallest absolute Gasteiger partial charge is 0.105 e. The van der Waals surface area contributed by atoms with Gasteiger partial charge in [0, 0.05) is 11.4 Å². The molecule has 2 aliphatic rings. The summed E-state index contributed by atoms with van der Waals surface area (Å²) in [6.07, 6.45) is 0.255. The van der Waals surface area contributed by atoms with Gasteiger partial charge in [-0.05, 0) is 36.1 Å². The summed E-state index contributed by atoms with van der Waals surface area (Å²) in [5.41, 5.74) is 4.71. The average Bonchev–Trinajstić information content (AvgIpc) is 2.75. The Morgan fingerprint density at radius 3 is 2.00 bits per heavy atom. The number of nitrogens with zero attached hydrogens (tertiary/aromatic N) is 1. The molecule has 1 fully saturated rings. The fourth-order valence-electron chi connectivity index (χ4n) is 3.66. The Bertz CT molecular complexity index is 655. The molecule has 0 spiro atoms. The van der Waals surface area contributed by atoms with E-state index in [0.717, 1.165) is 24.2 Å². The fourth-order valence-corrected chi connectivity index (χ4v) is 3.66. The second kappa shape index (κ2) is 5.96. The Labute approximate surface area is 135 Å². The number of aryl methyl sites for hydroxylation is 2. The van der Waals surface area contributed by atoms with Crippen LogP contribution in [0.2, 0.25) is 0 Å². The van der Waals surface area contributed by atoms with E-state index in [2.05, 4.69) is 41.3 Å². The molecular formula is C19H21NO3. The quantitative estimate of drug-likeness (QED) is 0.846. The minimum atomic E-state index is -0.851. The summed E-state index contributed by atoms with van der Waals surface area (Å²) >= 11 is 0. The van der Waals surface area contributed by atoms with Gasteiger partial charge in [-0.1, -0.05) is 36.4 Å². The predicted molar refractivity (Wildman–Crippen MR) is 89.1 cm³/mol. The van der Waals surface area contributed by atoms with Gasteiger partial charge in [-0.25, -0.2) is 0 Å². The number of para-hydroxylation sites is 2. The molecule has 2 heterocycles. The number of aliphatic hydroxyl groups is 2. The average molecular weight is 311 g/mol. The van der Waals surface area contributed by atoms with Gasteiger partial charge in [0.05, 0.1) is 19.3 Å².